The van der Waals surface area contributed by atoms with Crippen LogP contribution in [-0.4, -0.2) is 12.6 Å². The summed E-state index contributed by atoms with van der Waals surface area (Å²) in [7, 11) is 0. The molecule has 0 aromatic heterocycles. The Morgan fingerprint density at radius 2 is 2.36 bits per heavy atom. The van der Waals surface area contributed by atoms with Gasteiger partial charge >= 0.3 is 6.09 Å². The molecule has 0 aliphatic carbocycles. The van der Waals surface area contributed by atoms with E-state index >= 15 is 0 Å². The van der Waals surface area contributed by atoms with Crippen LogP contribution in [0.15, 0.2) is 18.2 Å². The molecule has 1 amide bonds. The number of carbonyl (C=O) groups is 1. The SMILES string of the molecule is Cc1ccc(F)c(C2CNC(=O)O2)c1. The molecule has 74 valence electrons. The van der Waals surface area contributed by atoms with Gasteiger partial charge in [-0.25, -0.2) is 9.18 Å². The summed E-state index contributed by atoms with van der Waals surface area (Å²) in [6.45, 7) is 2.20. The van der Waals surface area contributed by atoms with E-state index in [0.717, 1.165) is 5.56 Å². The molecule has 1 aliphatic heterocycles. The Morgan fingerprint density at radius 1 is 1.57 bits per heavy atom. The van der Waals surface area contributed by atoms with Crippen LogP contribution in [0.2, 0.25) is 0 Å². The van der Waals surface area contributed by atoms with Crippen LogP contribution in [0.25, 0.3) is 0 Å². The lowest BCUT2D eigenvalue weighted by molar-refractivity contribution is 0.139. The molecule has 1 saturated heterocycles. The van der Waals surface area contributed by atoms with E-state index in [1.807, 2.05) is 6.92 Å². The molecule has 1 N–H and O–H groups in total. The Kier molecular flexibility index (Phi) is 2.11. The second-order valence-electron chi connectivity index (χ2n) is 3.30. The summed E-state index contributed by atoms with van der Waals surface area (Å²) in [5.41, 5.74) is 1.38. The second-order valence-corrected chi connectivity index (χ2v) is 3.30. The average Bonchev–Trinajstić information content (AvgIpc) is 2.56. The Morgan fingerprint density at radius 3 is 3.00 bits per heavy atom. The number of amides is 1. The first-order chi connectivity index (χ1) is 6.66. The molecule has 4 heteroatoms. The first kappa shape index (κ1) is 8.99. The number of carbonyl (C=O) groups excluding carboxylic acids is 1. The molecular formula is C10H10FNO2. The highest BCUT2D eigenvalue weighted by molar-refractivity contribution is 5.69. The highest BCUT2D eigenvalue weighted by Crippen LogP contribution is 2.24. The van der Waals surface area contributed by atoms with Crippen molar-refractivity contribution in [2.75, 3.05) is 6.54 Å². The summed E-state index contributed by atoms with van der Waals surface area (Å²) in [6, 6.07) is 4.76. The molecule has 0 saturated carbocycles. The minimum atomic E-state index is -0.498. The van der Waals surface area contributed by atoms with Crippen LogP contribution < -0.4 is 5.32 Å². The molecule has 1 heterocycles. The van der Waals surface area contributed by atoms with Crippen molar-refractivity contribution in [1.82, 2.24) is 5.32 Å². The van der Waals surface area contributed by atoms with Crippen molar-refractivity contribution in [1.29, 1.82) is 0 Å². The number of cyclic esters (lactones) is 1. The van der Waals surface area contributed by atoms with Gasteiger partial charge in [0.15, 0.2) is 0 Å². The Labute approximate surface area is 80.9 Å². The van der Waals surface area contributed by atoms with E-state index in [0.29, 0.717) is 12.1 Å². The molecule has 1 aromatic carbocycles. The van der Waals surface area contributed by atoms with Crippen LogP contribution >= 0.6 is 0 Å². The number of hydrogen-bond acceptors (Lipinski definition) is 2. The highest BCUT2D eigenvalue weighted by Gasteiger charge is 2.26. The fraction of sp³-hybridized carbons (Fsp3) is 0.300. The van der Waals surface area contributed by atoms with Crippen molar-refractivity contribution in [3.63, 3.8) is 0 Å². The van der Waals surface area contributed by atoms with Gasteiger partial charge in [-0.05, 0) is 19.1 Å². The molecule has 1 aliphatic rings. The summed E-state index contributed by atoms with van der Waals surface area (Å²) in [5.74, 6) is -0.336. The number of halogens is 1. The van der Waals surface area contributed by atoms with E-state index in [2.05, 4.69) is 5.32 Å². The van der Waals surface area contributed by atoms with E-state index in [1.54, 1.807) is 12.1 Å². The van der Waals surface area contributed by atoms with Gasteiger partial charge in [0, 0.05) is 5.56 Å². The quantitative estimate of drug-likeness (QED) is 0.743. The van der Waals surface area contributed by atoms with Gasteiger partial charge in [-0.15, -0.1) is 0 Å². The molecule has 1 aromatic rings. The van der Waals surface area contributed by atoms with Crippen molar-refractivity contribution in [2.24, 2.45) is 0 Å². The zero-order chi connectivity index (χ0) is 10.1. The maximum absolute atomic E-state index is 13.3. The van der Waals surface area contributed by atoms with E-state index in [4.69, 9.17) is 4.74 Å². The van der Waals surface area contributed by atoms with E-state index < -0.39 is 12.2 Å². The minimum absolute atomic E-state index is 0.333. The number of nitrogens with one attached hydrogen (secondary N) is 1. The van der Waals surface area contributed by atoms with Gasteiger partial charge in [0.1, 0.15) is 11.9 Å². The molecule has 3 nitrogen and oxygen atoms in total. The van der Waals surface area contributed by atoms with Gasteiger partial charge in [-0.1, -0.05) is 11.6 Å². The lowest BCUT2D eigenvalue weighted by Gasteiger charge is -2.09. The molecule has 1 unspecified atom stereocenters. The average molecular weight is 195 g/mol. The number of aryl methyl sites for hydroxylation is 1. The third-order valence-corrected chi connectivity index (χ3v) is 2.18. The standard InChI is InChI=1S/C10H10FNO2/c1-6-2-3-8(11)7(4-6)9-5-12-10(13)14-9/h2-4,9H,5H2,1H3,(H,12,13). The first-order valence-electron chi connectivity index (χ1n) is 4.37. The van der Waals surface area contributed by atoms with Gasteiger partial charge in [0.2, 0.25) is 0 Å². The van der Waals surface area contributed by atoms with Crippen LogP contribution in [0.5, 0.6) is 0 Å². The van der Waals surface area contributed by atoms with Crippen molar-refractivity contribution >= 4 is 6.09 Å². The summed E-state index contributed by atoms with van der Waals surface area (Å²) in [6.07, 6.45) is -0.988. The van der Waals surface area contributed by atoms with E-state index in [-0.39, 0.29) is 5.82 Å². The van der Waals surface area contributed by atoms with Crippen molar-refractivity contribution in [3.05, 3.63) is 35.1 Å². The largest absolute Gasteiger partial charge is 0.439 e. The molecule has 14 heavy (non-hydrogen) atoms. The molecule has 1 atom stereocenters. The molecule has 0 bridgehead atoms. The molecule has 2 rings (SSSR count). The van der Waals surface area contributed by atoms with Gasteiger partial charge in [-0.3, -0.25) is 0 Å². The monoisotopic (exact) mass is 195 g/mol. The lowest BCUT2D eigenvalue weighted by Crippen LogP contribution is -2.12. The van der Waals surface area contributed by atoms with Crippen LogP contribution in [0.3, 0.4) is 0 Å². The fourth-order valence-electron chi connectivity index (χ4n) is 1.47. The van der Waals surface area contributed by atoms with E-state index in [1.165, 1.54) is 6.07 Å². The predicted molar refractivity (Wildman–Crippen MR) is 48.4 cm³/mol. The minimum Gasteiger partial charge on any atom is -0.439 e. The number of ether oxygens (including phenoxy) is 1. The summed E-state index contributed by atoms with van der Waals surface area (Å²) in [4.78, 5) is 10.8. The number of benzene rings is 1. The first-order valence-corrected chi connectivity index (χ1v) is 4.37. The maximum Gasteiger partial charge on any atom is 0.407 e. The van der Waals surface area contributed by atoms with E-state index in [9.17, 15) is 9.18 Å². The highest BCUT2D eigenvalue weighted by atomic mass is 19.1. The number of alkyl carbamates (subject to hydrolysis) is 1. The number of hydrogen-bond donors (Lipinski definition) is 1. The topological polar surface area (TPSA) is 38.3 Å². The smallest absolute Gasteiger partial charge is 0.407 e. The normalized spacial score (nSPS) is 20.4. The van der Waals surface area contributed by atoms with Gasteiger partial charge in [0.25, 0.3) is 0 Å². The molecule has 1 fully saturated rings. The fourth-order valence-corrected chi connectivity index (χ4v) is 1.47. The number of rotatable bonds is 1. The Balaban J connectivity index is 2.31. The van der Waals surface area contributed by atoms with Crippen LogP contribution in [0.4, 0.5) is 9.18 Å². The maximum atomic E-state index is 13.3. The van der Waals surface area contributed by atoms with Crippen molar-refractivity contribution in [2.45, 2.75) is 13.0 Å². The summed E-state index contributed by atoms with van der Waals surface area (Å²) in [5, 5.41) is 2.49. The lowest BCUT2D eigenvalue weighted by atomic mass is 10.1. The van der Waals surface area contributed by atoms with Gasteiger partial charge < -0.3 is 10.1 Å². The third-order valence-electron chi connectivity index (χ3n) is 2.18. The Bertz CT molecular complexity index is 378. The van der Waals surface area contributed by atoms with Crippen molar-refractivity contribution in [3.8, 4) is 0 Å². The second kappa shape index (κ2) is 3.29. The van der Waals surface area contributed by atoms with Gasteiger partial charge in [0.05, 0.1) is 6.54 Å². The Hall–Kier alpha value is -1.58. The van der Waals surface area contributed by atoms with Crippen LogP contribution in [-0.2, 0) is 4.74 Å². The van der Waals surface area contributed by atoms with Gasteiger partial charge in [-0.2, -0.15) is 0 Å². The molecule has 0 radical (unpaired) electrons. The van der Waals surface area contributed by atoms with Crippen LogP contribution in [0, 0.1) is 12.7 Å². The third kappa shape index (κ3) is 1.55. The summed E-state index contributed by atoms with van der Waals surface area (Å²) >= 11 is 0. The summed E-state index contributed by atoms with van der Waals surface area (Å²) < 4.78 is 18.2. The molecular weight excluding hydrogens is 185 g/mol. The molecule has 0 spiro atoms. The van der Waals surface area contributed by atoms with Crippen LogP contribution in [0.1, 0.15) is 17.2 Å². The zero-order valence-corrected chi connectivity index (χ0v) is 7.71. The van der Waals surface area contributed by atoms with Crippen molar-refractivity contribution < 1.29 is 13.9 Å². The predicted octanol–water partition coefficient (Wildman–Crippen LogP) is 1.92. The zero-order valence-electron chi connectivity index (χ0n) is 7.71.